The van der Waals surface area contributed by atoms with Crippen molar-refractivity contribution in [2.24, 2.45) is 5.41 Å². The van der Waals surface area contributed by atoms with Crippen LogP contribution >= 0.6 is 23.6 Å². The van der Waals surface area contributed by atoms with Gasteiger partial charge in [0.25, 0.3) is 5.91 Å². The van der Waals surface area contributed by atoms with Crippen LogP contribution in [-0.4, -0.2) is 93.7 Å². The van der Waals surface area contributed by atoms with E-state index in [1.54, 1.807) is 60.4 Å². The number of aryl methyl sites for hydroxylation is 2. The second-order valence-corrected chi connectivity index (χ2v) is 20.0. The van der Waals surface area contributed by atoms with Gasteiger partial charge in [-0.05, 0) is 110 Å². The third-order valence-corrected chi connectivity index (χ3v) is 13.7. The zero-order valence-corrected chi connectivity index (χ0v) is 41.1. The van der Waals surface area contributed by atoms with Crippen molar-refractivity contribution in [1.82, 2.24) is 15.2 Å². The Morgan fingerprint density at radius 3 is 2.19 bits per heavy atom. The van der Waals surface area contributed by atoms with Gasteiger partial charge in [0, 0.05) is 25.1 Å². The number of thiazole rings is 1. The number of rotatable bonds is 16. The molecule has 1 aromatic heterocycles. The number of halogens is 3. The maximum absolute atomic E-state index is 14.0. The first kappa shape index (κ1) is 51.3. The standard InChI is InChI=1S/C52H53F3N6O7S2/c1-31-45(70-30-57-31)35-10-7-32(8-11-35)9-22-43(63)42-26-39(62)28-59(42)47(65)46(50(2,3)4)58-44(64)29-67-23-24-68-40-20-15-34(16-21-40)33-12-17-37(18-13-33)61-49(69)60(48(66)51(61,5)6)38-19-14-36(27-56)41(25-38)52(53,54)55/h7-8,10-21,25,30,39,42,46,62H,9,22-24,26,28-29H2,1-6H3,(H,58,64)/t39-,42+,46-/m1/s1. The summed E-state index contributed by atoms with van der Waals surface area (Å²) in [5.41, 5.74) is 3.24. The van der Waals surface area contributed by atoms with E-state index < -0.39 is 64.2 Å². The number of nitriles is 1. The fraction of sp³-hybridized carbons (Fsp3) is 0.365. The number of Topliss-reactive ketones (excluding diaryl/α,β-unsaturated/α-hetero) is 1. The van der Waals surface area contributed by atoms with Crippen LogP contribution in [0.3, 0.4) is 0 Å². The summed E-state index contributed by atoms with van der Waals surface area (Å²) >= 11 is 7.24. The van der Waals surface area contributed by atoms with Gasteiger partial charge in [0.2, 0.25) is 11.8 Å². The highest BCUT2D eigenvalue weighted by molar-refractivity contribution is 7.81. The molecule has 0 bridgehead atoms. The lowest BCUT2D eigenvalue weighted by Gasteiger charge is -2.35. The molecule has 0 spiro atoms. The molecule has 0 aliphatic carbocycles. The number of anilines is 2. The topological polar surface area (TPSA) is 165 Å². The minimum atomic E-state index is -4.81. The summed E-state index contributed by atoms with van der Waals surface area (Å²) in [6.07, 6.45) is -4.89. The Balaban J connectivity index is 0.880. The van der Waals surface area contributed by atoms with E-state index in [2.05, 4.69) is 10.3 Å². The number of amides is 3. The van der Waals surface area contributed by atoms with Gasteiger partial charge in [-0.3, -0.25) is 24.1 Å². The Labute approximate surface area is 413 Å². The largest absolute Gasteiger partial charge is 0.491 e. The molecule has 2 saturated heterocycles. The molecule has 7 rings (SSSR count). The summed E-state index contributed by atoms with van der Waals surface area (Å²) in [5, 5.41) is 22.6. The highest BCUT2D eigenvalue weighted by Gasteiger charge is 2.51. The van der Waals surface area contributed by atoms with E-state index in [0.29, 0.717) is 17.9 Å². The summed E-state index contributed by atoms with van der Waals surface area (Å²) in [4.78, 5) is 63.8. The zero-order chi connectivity index (χ0) is 50.7. The maximum atomic E-state index is 14.0. The molecule has 70 heavy (non-hydrogen) atoms. The molecule has 13 nitrogen and oxygen atoms in total. The van der Waals surface area contributed by atoms with Crippen LogP contribution < -0.4 is 19.9 Å². The molecule has 3 atom stereocenters. The minimum absolute atomic E-state index is 0.00869. The van der Waals surface area contributed by atoms with Crippen molar-refractivity contribution >= 4 is 63.5 Å². The van der Waals surface area contributed by atoms with Gasteiger partial charge >= 0.3 is 6.18 Å². The van der Waals surface area contributed by atoms with Crippen molar-refractivity contribution in [3.63, 3.8) is 0 Å². The monoisotopic (exact) mass is 994 g/mol. The Morgan fingerprint density at radius 1 is 0.957 bits per heavy atom. The lowest BCUT2D eigenvalue weighted by atomic mass is 9.85. The van der Waals surface area contributed by atoms with E-state index >= 15 is 0 Å². The normalized spacial score (nSPS) is 17.4. The number of aromatic nitrogens is 1. The number of aliphatic hydroxyl groups excluding tert-OH is 1. The van der Waals surface area contributed by atoms with Gasteiger partial charge in [-0.2, -0.15) is 18.4 Å². The number of likely N-dealkylation sites (tertiary alicyclic amines) is 1. The molecule has 3 amide bonds. The average molecular weight is 995 g/mol. The molecular formula is C52H53F3N6O7S2. The number of ether oxygens (including phenoxy) is 2. The zero-order valence-electron chi connectivity index (χ0n) is 39.5. The Bertz CT molecular complexity index is 2800. The number of β-amino-alcohol motifs (C(OH)–C–C–N with tert-alkyl or cyclic N) is 1. The van der Waals surface area contributed by atoms with E-state index in [-0.39, 0.29) is 55.8 Å². The number of alkyl halides is 3. The highest BCUT2D eigenvalue weighted by atomic mass is 32.1. The van der Waals surface area contributed by atoms with Crippen LogP contribution in [-0.2, 0) is 36.5 Å². The number of nitrogens with one attached hydrogen (secondary N) is 1. The van der Waals surface area contributed by atoms with E-state index in [0.717, 1.165) is 49.9 Å². The number of benzene rings is 4. The molecule has 3 heterocycles. The molecule has 2 N–H and O–H groups in total. The predicted octanol–water partition coefficient (Wildman–Crippen LogP) is 8.68. The summed E-state index contributed by atoms with van der Waals surface area (Å²) in [5.74, 6) is -1.10. The molecule has 366 valence electrons. The van der Waals surface area contributed by atoms with Gasteiger partial charge < -0.3 is 29.7 Å². The van der Waals surface area contributed by atoms with E-state index in [9.17, 15) is 42.7 Å². The number of carbonyl (C=O) groups is 4. The molecule has 0 unspecified atom stereocenters. The summed E-state index contributed by atoms with van der Waals surface area (Å²) < 4.78 is 52.8. The SMILES string of the molecule is Cc1ncsc1-c1ccc(CCC(=O)[C@@H]2C[C@@H](O)CN2C(=O)[C@@H](NC(=O)COCCOc2ccc(-c3ccc(N4C(=S)N(c5ccc(C#N)c(C(F)(F)F)c5)C(=O)C4(C)C)cc3)cc2)C(C)(C)C)cc1. The molecule has 2 fully saturated rings. The molecule has 0 saturated carbocycles. The fourth-order valence-corrected chi connectivity index (χ4v) is 9.94. The number of aliphatic hydroxyl groups is 1. The van der Waals surface area contributed by atoms with Crippen LogP contribution in [0, 0.1) is 23.7 Å². The van der Waals surface area contributed by atoms with Crippen LogP contribution in [0.5, 0.6) is 5.75 Å². The van der Waals surface area contributed by atoms with Gasteiger partial charge in [-0.15, -0.1) is 11.3 Å². The molecule has 0 radical (unpaired) electrons. The van der Waals surface area contributed by atoms with Gasteiger partial charge in [0.1, 0.15) is 30.5 Å². The van der Waals surface area contributed by atoms with Crippen LogP contribution in [0.1, 0.15) is 69.8 Å². The summed E-state index contributed by atoms with van der Waals surface area (Å²) in [7, 11) is 0. The van der Waals surface area contributed by atoms with Crippen molar-refractivity contribution in [2.75, 3.05) is 36.2 Å². The van der Waals surface area contributed by atoms with E-state index in [4.69, 9.17) is 21.7 Å². The van der Waals surface area contributed by atoms with Crippen molar-refractivity contribution in [3.8, 4) is 33.4 Å². The van der Waals surface area contributed by atoms with Crippen molar-refractivity contribution < 1.29 is 46.9 Å². The van der Waals surface area contributed by atoms with Gasteiger partial charge in [-0.25, -0.2) is 4.98 Å². The lowest BCUT2D eigenvalue weighted by molar-refractivity contribution is -0.144. The summed E-state index contributed by atoms with van der Waals surface area (Å²) in [6.45, 7) is 10.5. The summed E-state index contributed by atoms with van der Waals surface area (Å²) in [6, 6.07) is 25.2. The number of thiocarbonyl (C=S) groups is 1. The molecular weight excluding hydrogens is 942 g/mol. The third-order valence-electron chi connectivity index (χ3n) is 12.4. The Kier molecular flexibility index (Phi) is 15.3. The van der Waals surface area contributed by atoms with Gasteiger partial charge in [0.15, 0.2) is 10.9 Å². The number of carbonyl (C=O) groups excluding carboxylic acids is 4. The molecule has 2 aliphatic heterocycles. The first-order valence-electron chi connectivity index (χ1n) is 22.6. The molecule has 5 aromatic rings. The predicted molar refractivity (Wildman–Crippen MR) is 264 cm³/mol. The van der Waals surface area contributed by atoms with E-state index in [1.165, 1.54) is 11.0 Å². The van der Waals surface area contributed by atoms with Crippen LogP contribution in [0.25, 0.3) is 21.6 Å². The van der Waals surface area contributed by atoms with Gasteiger partial charge in [-0.1, -0.05) is 69.3 Å². The van der Waals surface area contributed by atoms with Crippen molar-refractivity contribution in [2.45, 2.75) is 90.7 Å². The Hall–Kier alpha value is -6.52. The number of hydrogen-bond donors (Lipinski definition) is 2. The number of nitrogens with zero attached hydrogens (tertiary/aromatic N) is 5. The van der Waals surface area contributed by atoms with Crippen molar-refractivity contribution in [1.29, 1.82) is 5.26 Å². The lowest BCUT2D eigenvalue weighted by Crippen LogP contribution is -2.57. The van der Waals surface area contributed by atoms with E-state index in [1.807, 2.05) is 81.7 Å². The molecule has 2 aliphatic rings. The van der Waals surface area contributed by atoms with Crippen LogP contribution in [0.4, 0.5) is 24.5 Å². The smallest absolute Gasteiger partial charge is 0.417 e. The third kappa shape index (κ3) is 11.2. The quantitative estimate of drug-likeness (QED) is 0.0718. The van der Waals surface area contributed by atoms with Crippen LogP contribution in [0.15, 0.2) is 96.5 Å². The van der Waals surface area contributed by atoms with Crippen molar-refractivity contribution in [3.05, 3.63) is 119 Å². The fourth-order valence-electron chi connectivity index (χ4n) is 8.60. The molecule has 4 aromatic carbocycles. The first-order valence-corrected chi connectivity index (χ1v) is 23.9. The highest BCUT2D eigenvalue weighted by Crippen LogP contribution is 2.40. The minimum Gasteiger partial charge on any atom is -0.491 e. The van der Waals surface area contributed by atoms with Crippen LogP contribution in [0.2, 0.25) is 0 Å². The first-order chi connectivity index (χ1) is 33.1. The average Bonchev–Trinajstić information content (AvgIpc) is 3.98. The maximum Gasteiger partial charge on any atom is 0.417 e. The second-order valence-electron chi connectivity index (χ2n) is 18.8. The molecule has 18 heteroatoms. The Morgan fingerprint density at radius 2 is 1.59 bits per heavy atom. The second kappa shape index (κ2) is 20.8. The number of hydrogen-bond acceptors (Lipinski definition) is 11. The number of ketones is 1. The van der Waals surface area contributed by atoms with Gasteiger partial charge in [0.05, 0.1) is 57.7 Å².